The largest absolute Gasteiger partial charge is 0.457 e. The van der Waals surface area contributed by atoms with E-state index in [0.29, 0.717) is 6.04 Å². The quantitative estimate of drug-likeness (QED) is 0.812. The van der Waals surface area contributed by atoms with Crippen LogP contribution in [0.4, 0.5) is 0 Å². The molecule has 21 heavy (non-hydrogen) atoms. The predicted molar refractivity (Wildman–Crippen MR) is 90.0 cm³/mol. The molecule has 0 bridgehead atoms. The van der Waals surface area contributed by atoms with Gasteiger partial charge in [-0.15, -0.1) is 0 Å². The van der Waals surface area contributed by atoms with Crippen LogP contribution in [0.25, 0.3) is 0 Å². The lowest BCUT2D eigenvalue weighted by atomic mass is 10.1. The molecule has 0 heterocycles. The Balaban J connectivity index is 1.80. The van der Waals surface area contributed by atoms with Crippen LogP contribution in [0.1, 0.15) is 29.5 Å². The molecular formula is C18H20BrNO. The second kappa shape index (κ2) is 6.20. The van der Waals surface area contributed by atoms with Crippen LogP contribution in [0.2, 0.25) is 0 Å². The summed E-state index contributed by atoms with van der Waals surface area (Å²) in [6.07, 6.45) is 2.60. The Bertz CT molecular complexity index is 650. The number of hydrogen-bond acceptors (Lipinski definition) is 2. The predicted octanol–water partition coefficient (Wildman–Crippen LogP) is 5.11. The molecule has 0 atom stereocenters. The van der Waals surface area contributed by atoms with Crippen molar-refractivity contribution in [2.45, 2.75) is 39.3 Å². The molecule has 0 aliphatic heterocycles. The van der Waals surface area contributed by atoms with Gasteiger partial charge in [0.25, 0.3) is 0 Å². The molecule has 110 valence electrons. The molecule has 1 aliphatic carbocycles. The third-order valence-electron chi connectivity index (χ3n) is 3.73. The molecule has 0 saturated heterocycles. The smallest absolute Gasteiger partial charge is 0.131 e. The third-order valence-corrected chi connectivity index (χ3v) is 4.62. The number of rotatable bonds is 5. The van der Waals surface area contributed by atoms with Crippen LogP contribution in [-0.2, 0) is 6.54 Å². The number of halogens is 1. The van der Waals surface area contributed by atoms with Crippen LogP contribution in [0.3, 0.4) is 0 Å². The second-order valence-corrected chi connectivity index (χ2v) is 6.63. The van der Waals surface area contributed by atoms with Crippen molar-refractivity contribution >= 4 is 15.9 Å². The molecule has 1 N–H and O–H groups in total. The fraction of sp³-hybridized carbons (Fsp3) is 0.333. The first kappa shape index (κ1) is 14.6. The normalized spacial score (nSPS) is 14.2. The molecule has 0 spiro atoms. The zero-order valence-corrected chi connectivity index (χ0v) is 14.0. The minimum atomic E-state index is 0.702. The molecular weight excluding hydrogens is 326 g/mol. The average Bonchev–Trinajstić information content (AvgIpc) is 3.27. The van der Waals surface area contributed by atoms with Gasteiger partial charge in [0.2, 0.25) is 0 Å². The topological polar surface area (TPSA) is 21.3 Å². The maximum absolute atomic E-state index is 6.09. The van der Waals surface area contributed by atoms with E-state index in [1.54, 1.807) is 0 Å². The van der Waals surface area contributed by atoms with Crippen LogP contribution in [-0.4, -0.2) is 6.04 Å². The first-order valence-electron chi connectivity index (χ1n) is 7.39. The minimum Gasteiger partial charge on any atom is -0.457 e. The summed E-state index contributed by atoms with van der Waals surface area (Å²) in [4.78, 5) is 0. The molecule has 0 amide bonds. The van der Waals surface area contributed by atoms with Gasteiger partial charge >= 0.3 is 0 Å². The summed E-state index contributed by atoms with van der Waals surface area (Å²) in [5, 5.41) is 3.56. The Morgan fingerprint density at radius 3 is 2.67 bits per heavy atom. The van der Waals surface area contributed by atoms with E-state index in [9.17, 15) is 0 Å². The van der Waals surface area contributed by atoms with Crippen LogP contribution in [0.15, 0.2) is 40.9 Å². The van der Waals surface area contributed by atoms with E-state index in [2.05, 4.69) is 59.4 Å². The fourth-order valence-corrected chi connectivity index (χ4v) is 2.54. The summed E-state index contributed by atoms with van der Waals surface area (Å²) in [6.45, 7) is 5.06. The number of benzene rings is 2. The molecule has 0 radical (unpaired) electrons. The standard InChI is InChI=1S/C18H20BrNO/c1-12-3-8-18(14(9-12)11-20-15-4-5-15)21-16-6-7-17(19)13(2)10-16/h3,6-10,15,20H,4-5,11H2,1-2H3. The van der Waals surface area contributed by atoms with Crippen molar-refractivity contribution in [3.63, 3.8) is 0 Å². The van der Waals surface area contributed by atoms with E-state index >= 15 is 0 Å². The highest BCUT2D eigenvalue weighted by molar-refractivity contribution is 9.10. The Morgan fingerprint density at radius 2 is 1.95 bits per heavy atom. The molecule has 0 unspecified atom stereocenters. The van der Waals surface area contributed by atoms with Gasteiger partial charge in [-0.2, -0.15) is 0 Å². The molecule has 1 aliphatic rings. The Kier molecular flexibility index (Phi) is 4.32. The van der Waals surface area contributed by atoms with Gasteiger partial charge in [0.15, 0.2) is 0 Å². The zero-order valence-electron chi connectivity index (χ0n) is 12.4. The third kappa shape index (κ3) is 3.86. The first-order chi connectivity index (χ1) is 10.1. The van der Waals surface area contributed by atoms with Crippen LogP contribution < -0.4 is 10.1 Å². The van der Waals surface area contributed by atoms with Crippen LogP contribution in [0.5, 0.6) is 11.5 Å². The lowest BCUT2D eigenvalue weighted by Gasteiger charge is -2.13. The summed E-state index contributed by atoms with van der Waals surface area (Å²) < 4.78 is 7.20. The summed E-state index contributed by atoms with van der Waals surface area (Å²) in [5.41, 5.74) is 3.67. The number of ether oxygens (including phenoxy) is 1. The van der Waals surface area contributed by atoms with Crippen molar-refractivity contribution in [3.8, 4) is 11.5 Å². The average molecular weight is 346 g/mol. The van der Waals surface area contributed by atoms with Gasteiger partial charge in [-0.3, -0.25) is 0 Å². The summed E-state index contributed by atoms with van der Waals surface area (Å²) in [5.74, 6) is 1.82. The number of aryl methyl sites for hydroxylation is 2. The van der Waals surface area contributed by atoms with Gasteiger partial charge < -0.3 is 10.1 Å². The van der Waals surface area contributed by atoms with E-state index in [0.717, 1.165) is 22.5 Å². The maximum atomic E-state index is 6.09. The highest BCUT2D eigenvalue weighted by Gasteiger charge is 2.20. The number of hydrogen-bond donors (Lipinski definition) is 1. The zero-order chi connectivity index (χ0) is 14.8. The van der Waals surface area contributed by atoms with E-state index in [-0.39, 0.29) is 0 Å². The van der Waals surface area contributed by atoms with Gasteiger partial charge in [0.05, 0.1) is 0 Å². The van der Waals surface area contributed by atoms with Crippen molar-refractivity contribution < 1.29 is 4.74 Å². The molecule has 2 aromatic rings. The van der Waals surface area contributed by atoms with Crippen molar-refractivity contribution in [2.24, 2.45) is 0 Å². The second-order valence-electron chi connectivity index (χ2n) is 5.78. The van der Waals surface area contributed by atoms with Gasteiger partial charge in [0.1, 0.15) is 11.5 Å². The van der Waals surface area contributed by atoms with E-state index in [1.807, 2.05) is 12.1 Å². The molecule has 0 aromatic heterocycles. The molecule has 1 saturated carbocycles. The molecule has 1 fully saturated rings. The van der Waals surface area contributed by atoms with E-state index < -0.39 is 0 Å². The van der Waals surface area contributed by atoms with Gasteiger partial charge in [0, 0.05) is 22.6 Å². The first-order valence-corrected chi connectivity index (χ1v) is 8.18. The van der Waals surface area contributed by atoms with E-state index in [4.69, 9.17) is 4.74 Å². The minimum absolute atomic E-state index is 0.702. The molecule has 3 rings (SSSR count). The summed E-state index contributed by atoms with van der Waals surface area (Å²) in [7, 11) is 0. The van der Waals surface area contributed by atoms with Crippen LogP contribution >= 0.6 is 15.9 Å². The number of nitrogens with one attached hydrogen (secondary N) is 1. The van der Waals surface area contributed by atoms with Crippen molar-refractivity contribution in [1.29, 1.82) is 0 Å². The Morgan fingerprint density at radius 1 is 1.14 bits per heavy atom. The van der Waals surface area contributed by atoms with Gasteiger partial charge in [-0.1, -0.05) is 33.6 Å². The lowest BCUT2D eigenvalue weighted by Crippen LogP contribution is -2.15. The fourth-order valence-electron chi connectivity index (χ4n) is 2.30. The van der Waals surface area contributed by atoms with E-state index in [1.165, 1.54) is 29.5 Å². The molecule has 2 nitrogen and oxygen atoms in total. The SMILES string of the molecule is Cc1ccc(Oc2ccc(Br)c(C)c2)c(CNC2CC2)c1. The molecule has 3 heteroatoms. The van der Waals surface area contributed by atoms with Crippen molar-refractivity contribution in [2.75, 3.05) is 0 Å². The summed E-state index contributed by atoms with van der Waals surface area (Å²) in [6, 6.07) is 13.2. The Hall–Kier alpha value is -1.32. The lowest BCUT2D eigenvalue weighted by molar-refractivity contribution is 0.472. The van der Waals surface area contributed by atoms with Crippen molar-refractivity contribution in [1.82, 2.24) is 5.32 Å². The monoisotopic (exact) mass is 345 g/mol. The summed E-state index contributed by atoms with van der Waals surface area (Å²) >= 11 is 3.52. The van der Waals surface area contributed by atoms with Gasteiger partial charge in [-0.25, -0.2) is 0 Å². The van der Waals surface area contributed by atoms with Crippen LogP contribution in [0, 0.1) is 13.8 Å². The van der Waals surface area contributed by atoms with Crippen molar-refractivity contribution in [3.05, 3.63) is 57.6 Å². The highest BCUT2D eigenvalue weighted by Crippen LogP contribution is 2.30. The maximum Gasteiger partial charge on any atom is 0.131 e. The van der Waals surface area contributed by atoms with Gasteiger partial charge in [-0.05, 0) is 56.5 Å². The highest BCUT2D eigenvalue weighted by atomic mass is 79.9. The Labute approximate surface area is 134 Å². The molecule has 2 aromatic carbocycles.